The molecule has 0 radical (unpaired) electrons. The molecule has 1 saturated carbocycles. The fourth-order valence-electron chi connectivity index (χ4n) is 2.71. The third-order valence-electron chi connectivity index (χ3n) is 3.89. The van der Waals surface area contributed by atoms with Gasteiger partial charge in [-0.2, -0.15) is 0 Å². The molecule has 0 unspecified atom stereocenters. The monoisotopic (exact) mass is 267 g/mol. The van der Waals surface area contributed by atoms with Crippen LogP contribution in [-0.2, 0) is 0 Å². The highest BCUT2D eigenvalue weighted by Gasteiger charge is 2.72. The van der Waals surface area contributed by atoms with Crippen LogP contribution in [0.15, 0.2) is 60.7 Å². The second-order valence-electron chi connectivity index (χ2n) is 5.04. The zero-order valence-corrected chi connectivity index (χ0v) is 10.7. The summed E-state index contributed by atoms with van der Waals surface area (Å²) in [6, 6.07) is 17.7. The zero-order chi connectivity index (χ0) is 14.2. The van der Waals surface area contributed by atoms with Crippen molar-refractivity contribution in [3.8, 4) is 0 Å². The fraction of sp³-hybridized carbons (Fsp3) is 0.188. The van der Waals surface area contributed by atoms with E-state index in [9.17, 15) is 14.9 Å². The van der Waals surface area contributed by atoms with Gasteiger partial charge in [-0.15, -0.1) is 0 Å². The third kappa shape index (κ3) is 1.81. The minimum atomic E-state index is -1.48. The molecule has 0 N–H and O–H groups in total. The normalized spacial score (nSPS) is 24.1. The van der Waals surface area contributed by atoms with E-state index in [1.807, 2.05) is 30.3 Å². The third-order valence-corrected chi connectivity index (χ3v) is 3.89. The Labute approximate surface area is 116 Å². The zero-order valence-electron chi connectivity index (χ0n) is 10.7. The van der Waals surface area contributed by atoms with Gasteiger partial charge in [0.1, 0.15) is 0 Å². The van der Waals surface area contributed by atoms with Gasteiger partial charge in [-0.1, -0.05) is 60.7 Å². The van der Waals surface area contributed by atoms with Crippen LogP contribution in [0.2, 0.25) is 0 Å². The van der Waals surface area contributed by atoms with Crippen LogP contribution < -0.4 is 0 Å². The van der Waals surface area contributed by atoms with Crippen LogP contribution in [-0.4, -0.2) is 16.2 Å². The molecule has 0 bridgehead atoms. The first-order valence-corrected chi connectivity index (χ1v) is 6.45. The Morgan fingerprint density at radius 3 is 2.15 bits per heavy atom. The number of hydrogen-bond donors (Lipinski definition) is 0. The van der Waals surface area contributed by atoms with Crippen molar-refractivity contribution in [1.29, 1.82) is 0 Å². The van der Waals surface area contributed by atoms with Gasteiger partial charge in [0.05, 0.1) is 5.92 Å². The highest BCUT2D eigenvalue weighted by Crippen LogP contribution is 2.55. The number of rotatable bonds is 4. The van der Waals surface area contributed by atoms with Gasteiger partial charge < -0.3 is 0 Å². The van der Waals surface area contributed by atoms with Crippen LogP contribution in [0.4, 0.5) is 0 Å². The summed E-state index contributed by atoms with van der Waals surface area (Å²) in [5.41, 5.74) is -0.223. The maximum absolute atomic E-state index is 12.5. The Bertz CT molecular complexity index is 654. The van der Waals surface area contributed by atoms with Gasteiger partial charge in [-0.3, -0.25) is 14.9 Å². The predicted molar refractivity (Wildman–Crippen MR) is 74.3 cm³/mol. The van der Waals surface area contributed by atoms with Gasteiger partial charge in [0.15, 0.2) is 0 Å². The van der Waals surface area contributed by atoms with Crippen LogP contribution in [0.5, 0.6) is 0 Å². The molecular formula is C16H13NO3. The first-order chi connectivity index (χ1) is 9.66. The van der Waals surface area contributed by atoms with E-state index in [2.05, 4.69) is 0 Å². The Kier molecular flexibility index (Phi) is 2.86. The predicted octanol–water partition coefficient (Wildman–Crippen LogP) is 3.07. The molecule has 0 amide bonds. The average Bonchev–Trinajstić information content (AvgIpc) is 3.25. The molecule has 2 aromatic rings. The lowest BCUT2D eigenvalue weighted by Gasteiger charge is -2.08. The molecule has 0 saturated heterocycles. The van der Waals surface area contributed by atoms with Gasteiger partial charge in [-0.25, -0.2) is 0 Å². The number of benzene rings is 2. The minimum Gasteiger partial charge on any atom is -0.286 e. The van der Waals surface area contributed by atoms with Crippen molar-refractivity contribution in [2.75, 3.05) is 0 Å². The van der Waals surface area contributed by atoms with Gasteiger partial charge in [-0.05, 0) is 5.56 Å². The smallest absolute Gasteiger partial charge is 0.286 e. The summed E-state index contributed by atoms with van der Waals surface area (Å²) >= 11 is 0. The van der Waals surface area contributed by atoms with E-state index in [0.29, 0.717) is 5.56 Å². The van der Waals surface area contributed by atoms with Crippen molar-refractivity contribution in [2.24, 2.45) is 0 Å². The molecule has 4 heteroatoms. The van der Waals surface area contributed by atoms with E-state index in [1.165, 1.54) is 0 Å². The van der Waals surface area contributed by atoms with Crippen molar-refractivity contribution < 1.29 is 9.72 Å². The lowest BCUT2D eigenvalue weighted by Crippen LogP contribution is -2.34. The summed E-state index contributed by atoms with van der Waals surface area (Å²) < 4.78 is 0. The molecule has 20 heavy (non-hydrogen) atoms. The van der Waals surface area contributed by atoms with Crippen molar-refractivity contribution in [2.45, 2.75) is 17.9 Å². The van der Waals surface area contributed by atoms with Crippen LogP contribution in [0.25, 0.3) is 0 Å². The fourth-order valence-corrected chi connectivity index (χ4v) is 2.71. The van der Waals surface area contributed by atoms with E-state index in [4.69, 9.17) is 0 Å². The minimum absolute atomic E-state index is 0.276. The molecule has 3 rings (SSSR count). The van der Waals surface area contributed by atoms with Crippen molar-refractivity contribution in [3.05, 3.63) is 81.9 Å². The maximum Gasteiger partial charge on any atom is 0.291 e. The molecule has 1 aliphatic carbocycles. The SMILES string of the molecule is O=C(c1ccccc1)[C@@]1([N+](=O)[O-])C[C@H]1c1ccccc1. The molecule has 2 aromatic carbocycles. The Morgan fingerprint density at radius 2 is 1.60 bits per heavy atom. The summed E-state index contributed by atoms with van der Waals surface area (Å²) in [5.74, 6) is -0.719. The number of hydrogen-bond acceptors (Lipinski definition) is 3. The summed E-state index contributed by atoms with van der Waals surface area (Å²) in [6.45, 7) is 0. The van der Waals surface area contributed by atoms with E-state index in [0.717, 1.165) is 5.56 Å². The largest absolute Gasteiger partial charge is 0.291 e. The quantitative estimate of drug-likeness (QED) is 0.486. The molecule has 0 aromatic heterocycles. The maximum atomic E-state index is 12.5. The number of ketones is 1. The van der Waals surface area contributed by atoms with Gasteiger partial charge in [0.2, 0.25) is 5.78 Å². The van der Waals surface area contributed by atoms with Crippen LogP contribution in [0.3, 0.4) is 0 Å². The van der Waals surface area contributed by atoms with E-state index in [1.54, 1.807) is 30.3 Å². The molecule has 2 atom stereocenters. The highest BCUT2D eigenvalue weighted by molar-refractivity contribution is 6.05. The molecule has 1 aliphatic rings. The Hall–Kier alpha value is -2.49. The first kappa shape index (κ1) is 12.5. The summed E-state index contributed by atoms with van der Waals surface area (Å²) in [5, 5.41) is 11.5. The Morgan fingerprint density at radius 1 is 1.05 bits per heavy atom. The summed E-state index contributed by atoms with van der Waals surface area (Å²) in [6.07, 6.45) is 0.276. The van der Waals surface area contributed by atoms with E-state index >= 15 is 0 Å². The summed E-state index contributed by atoms with van der Waals surface area (Å²) in [4.78, 5) is 23.6. The van der Waals surface area contributed by atoms with Gasteiger partial charge in [0.25, 0.3) is 5.54 Å². The number of Topliss-reactive ketones (excluding diaryl/α,β-unsaturated/α-hetero) is 1. The first-order valence-electron chi connectivity index (χ1n) is 6.45. The molecule has 0 heterocycles. The number of carbonyl (C=O) groups is 1. The van der Waals surface area contributed by atoms with Crippen LogP contribution in [0, 0.1) is 10.1 Å². The molecule has 4 nitrogen and oxygen atoms in total. The van der Waals surface area contributed by atoms with Crippen molar-refractivity contribution in [1.82, 2.24) is 0 Å². The molecular weight excluding hydrogens is 254 g/mol. The average molecular weight is 267 g/mol. The standard InChI is InChI=1S/C16H13NO3/c18-15(13-9-5-2-6-10-13)16(17(19)20)11-14(16)12-7-3-1-4-8-12/h1-10,14H,11H2/t14-,16+/m0/s1. The molecule has 1 fully saturated rings. The highest BCUT2D eigenvalue weighted by atomic mass is 16.6. The van der Waals surface area contributed by atoms with Gasteiger partial charge in [0, 0.05) is 16.9 Å². The van der Waals surface area contributed by atoms with Crippen LogP contribution >= 0.6 is 0 Å². The Balaban J connectivity index is 1.97. The van der Waals surface area contributed by atoms with Crippen molar-refractivity contribution >= 4 is 5.78 Å². The van der Waals surface area contributed by atoms with Crippen LogP contribution in [0.1, 0.15) is 28.3 Å². The molecule has 100 valence electrons. The van der Waals surface area contributed by atoms with E-state index in [-0.39, 0.29) is 12.3 Å². The van der Waals surface area contributed by atoms with Crippen molar-refractivity contribution in [3.63, 3.8) is 0 Å². The number of nitro groups is 1. The number of carbonyl (C=O) groups excluding carboxylic acids is 1. The number of nitrogens with zero attached hydrogens (tertiary/aromatic N) is 1. The van der Waals surface area contributed by atoms with Gasteiger partial charge >= 0.3 is 0 Å². The molecule has 0 spiro atoms. The summed E-state index contributed by atoms with van der Waals surface area (Å²) in [7, 11) is 0. The lowest BCUT2D eigenvalue weighted by molar-refractivity contribution is -0.521. The lowest BCUT2D eigenvalue weighted by atomic mass is 9.98. The molecule has 0 aliphatic heterocycles. The second-order valence-corrected chi connectivity index (χ2v) is 5.04. The second kappa shape index (κ2) is 4.56. The topological polar surface area (TPSA) is 60.2 Å². The van der Waals surface area contributed by atoms with E-state index < -0.39 is 16.2 Å².